The number of rotatable bonds is 4. The molecule has 0 atom stereocenters. The van der Waals surface area contributed by atoms with E-state index in [1.54, 1.807) is 0 Å². The Bertz CT molecular complexity index is 864. The number of benzene rings is 1. The van der Waals surface area contributed by atoms with Gasteiger partial charge in [-0.05, 0) is 43.0 Å². The number of terminal acetylenes is 1. The maximum absolute atomic E-state index is 12.3. The molecule has 0 bridgehead atoms. The summed E-state index contributed by atoms with van der Waals surface area (Å²) in [5, 5.41) is 4.07. The molecule has 122 valence electrons. The summed E-state index contributed by atoms with van der Waals surface area (Å²) in [6.07, 6.45) is 13.6. The number of allylic oxidation sites excluding steroid dienone is 1. The van der Waals surface area contributed by atoms with Crippen molar-refractivity contribution >= 4 is 16.8 Å². The highest BCUT2D eigenvalue weighted by Gasteiger charge is 2.22. The number of aromatic nitrogens is 1. The van der Waals surface area contributed by atoms with E-state index in [9.17, 15) is 4.79 Å². The van der Waals surface area contributed by atoms with Gasteiger partial charge in [0.1, 0.15) is 0 Å². The molecular weight excluding hydrogens is 298 g/mol. The van der Waals surface area contributed by atoms with Gasteiger partial charge in [0.05, 0.1) is 12.0 Å². The predicted octanol–water partition coefficient (Wildman–Crippen LogP) is 2.95. The van der Waals surface area contributed by atoms with Crippen LogP contribution in [0.5, 0.6) is 0 Å². The predicted molar refractivity (Wildman–Crippen MR) is 97.0 cm³/mol. The van der Waals surface area contributed by atoms with Crippen molar-refractivity contribution in [3.8, 4) is 12.3 Å². The summed E-state index contributed by atoms with van der Waals surface area (Å²) in [6.45, 7) is 4.66. The molecule has 4 nitrogen and oxygen atoms in total. The molecule has 24 heavy (non-hydrogen) atoms. The lowest BCUT2D eigenvalue weighted by Gasteiger charge is -2.34. The Kier molecular flexibility index (Phi) is 4.18. The van der Waals surface area contributed by atoms with Crippen LogP contribution in [-0.4, -0.2) is 27.9 Å². The van der Waals surface area contributed by atoms with Crippen LogP contribution >= 0.6 is 0 Å². The normalized spacial score (nSPS) is 14.4. The Labute approximate surface area is 142 Å². The largest absolute Gasteiger partial charge is 0.361 e. The third kappa shape index (κ3) is 3.21. The van der Waals surface area contributed by atoms with E-state index in [0.29, 0.717) is 13.0 Å². The number of carbonyl (C=O) groups is 1. The van der Waals surface area contributed by atoms with Crippen LogP contribution in [0.1, 0.15) is 19.4 Å². The molecule has 1 amide bonds. The summed E-state index contributed by atoms with van der Waals surface area (Å²) < 4.78 is 0. The molecule has 0 saturated carbocycles. The fourth-order valence-electron chi connectivity index (χ4n) is 2.76. The van der Waals surface area contributed by atoms with E-state index in [1.807, 2.05) is 62.7 Å². The number of fused-ring (bicyclic) bond motifs is 1. The van der Waals surface area contributed by atoms with E-state index in [2.05, 4.69) is 21.1 Å². The van der Waals surface area contributed by atoms with Gasteiger partial charge in [0.25, 0.3) is 0 Å². The van der Waals surface area contributed by atoms with Gasteiger partial charge in [-0.3, -0.25) is 4.79 Å². The van der Waals surface area contributed by atoms with Crippen LogP contribution in [0.4, 0.5) is 0 Å². The summed E-state index contributed by atoms with van der Waals surface area (Å²) in [4.78, 5) is 17.6. The van der Waals surface area contributed by atoms with Gasteiger partial charge in [-0.15, -0.1) is 6.42 Å². The molecule has 0 aliphatic carbocycles. The standard InChI is InChI=1S/C20H21N3O/c1-4-20(2,3)23-12-9-17(10-13-23)22-18(24)14-16-7-5-6-15-8-11-21-19(15)16/h1,5-12,21H,13-14H2,2-3H3,(H,22,24). The first-order valence-electron chi connectivity index (χ1n) is 7.97. The summed E-state index contributed by atoms with van der Waals surface area (Å²) in [7, 11) is 0. The molecule has 2 aromatic rings. The van der Waals surface area contributed by atoms with Gasteiger partial charge in [0.2, 0.25) is 5.91 Å². The van der Waals surface area contributed by atoms with Gasteiger partial charge in [0, 0.05) is 30.2 Å². The minimum Gasteiger partial charge on any atom is -0.361 e. The quantitative estimate of drug-likeness (QED) is 0.851. The van der Waals surface area contributed by atoms with Crippen molar-refractivity contribution < 1.29 is 4.79 Å². The molecule has 0 fully saturated rings. The third-order valence-corrected chi connectivity index (χ3v) is 4.32. The van der Waals surface area contributed by atoms with E-state index in [-0.39, 0.29) is 11.4 Å². The van der Waals surface area contributed by atoms with Crippen LogP contribution in [0.2, 0.25) is 0 Å². The van der Waals surface area contributed by atoms with Crippen LogP contribution < -0.4 is 5.32 Å². The second-order valence-electron chi connectivity index (χ2n) is 6.41. The maximum Gasteiger partial charge on any atom is 0.228 e. The second kappa shape index (κ2) is 6.29. The van der Waals surface area contributed by atoms with Crippen molar-refractivity contribution in [2.24, 2.45) is 0 Å². The monoisotopic (exact) mass is 319 g/mol. The van der Waals surface area contributed by atoms with E-state index in [0.717, 1.165) is 22.2 Å². The molecule has 1 aliphatic rings. The van der Waals surface area contributed by atoms with Crippen molar-refractivity contribution in [2.75, 3.05) is 6.54 Å². The molecule has 1 aromatic carbocycles. The number of hydrogen-bond donors (Lipinski definition) is 2. The minimum atomic E-state index is -0.341. The zero-order chi connectivity index (χ0) is 17.2. The molecule has 0 spiro atoms. The van der Waals surface area contributed by atoms with E-state index in [1.165, 1.54) is 0 Å². The number of aromatic amines is 1. The number of amides is 1. The van der Waals surface area contributed by atoms with Gasteiger partial charge in [-0.2, -0.15) is 0 Å². The highest BCUT2D eigenvalue weighted by atomic mass is 16.1. The van der Waals surface area contributed by atoms with E-state index in [4.69, 9.17) is 6.42 Å². The molecule has 1 aromatic heterocycles. The van der Waals surface area contributed by atoms with Crippen LogP contribution in [0.15, 0.2) is 54.5 Å². The average Bonchev–Trinajstić information content (AvgIpc) is 3.05. The lowest BCUT2D eigenvalue weighted by Crippen LogP contribution is -2.40. The van der Waals surface area contributed by atoms with Crippen LogP contribution in [0, 0.1) is 12.3 Å². The zero-order valence-electron chi connectivity index (χ0n) is 14.0. The average molecular weight is 319 g/mol. The zero-order valence-corrected chi connectivity index (χ0v) is 14.0. The van der Waals surface area contributed by atoms with Crippen molar-refractivity contribution in [2.45, 2.75) is 25.8 Å². The molecule has 0 unspecified atom stereocenters. The number of carbonyl (C=O) groups excluding carboxylic acids is 1. The summed E-state index contributed by atoms with van der Waals surface area (Å²) in [6, 6.07) is 7.98. The first kappa shape index (κ1) is 15.9. The minimum absolute atomic E-state index is 0.0299. The van der Waals surface area contributed by atoms with Crippen molar-refractivity contribution in [3.05, 3.63) is 60.1 Å². The fourth-order valence-corrected chi connectivity index (χ4v) is 2.76. The topological polar surface area (TPSA) is 48.1 Å². The number of hydrogen-bond acceptors (Lipinski definition) is 2. The maximum atomic E-state index is 12.3. The van der Waals surface area contributed by atoms with Gasteiger partial charge in [-0.1, -0.05) is 24.1 Å². The number of para-hydroxylation sites is 1. The van der Waals surface area contributed by atoms with Crippen LogP contribution in [0.25, 0.3) is 10.9 Å². The molecule has 0 saturated heterocycles. The molecule has 2 heterocycles. The van der Waals surface area contributed by atoms with Gasteiger partial charge in [0.15, 0.2) is 0 Å². The van der Waals surface area contributed by atoms with Crippen molar-refractivity contribution in [3.63, 3.8) is 0 Å². The first-order chi connectivity index (χ1) is 11.5. The Morgan fingerprint density at radius 1 is 1.42 bits per heavy atom. The molecule has 4 heteroatoms. The highest BCUT2D eigenvalue weighted by molar-refractivity contribution is 5.88. The molecule has 0 radical (unpaired) electrons. The Morgan fingerprint density at radius 3 is 2.96 bits per heavy atom. The molecule has 1 aliphatic heterocycles. The molecule has 3 rings (SSSR count). The second-order valence-corrected chi connectivity index (χ2v) is 6.41. The van der Waals surface area contributed by atoms with Crippen molar-refractivity contribution in [1.29, 1.82) is 0 Å². The van der Waals surface area contributed by atoms with Crippen LogP contribution in [0.3, 0.4) is 0 Å². The lowest BCUT2D eigenvalue weighted by molar-refractivity contribution is -0.119. The Morgan fingerprint density at radius 2 is 2.25 bits per heavy atom. The number of H-pyrrole nitrogens is 1. The number of nitrogens with zero attached hydrogens (tertiary/aromatic N) is 1. The summed E-state index contributed by atoms with van der Waals surface area (Å²) >= 11 is 0. The van der Waals surface area contributed by atoms with E-state index >= 15 is 0 Å². The Hall–Kier alpha value is -2.93. The van der Waals surface area contributed by atoms with Gasteiger partial charge < -0.3 is 15.2 Å². The van der Waals surface area contributed by atoms with Gasteiger partial charge >= 0.3 is 0 Å². The van der Waals surface area contributed by atoms with Crippen molar-refractivity contribution in [1.82, 2.24) is 15.2 Å². The number of nitrogens with one attached hydrogen (secondary N) is 2. The third-order valence-electron chi connectivity index (χ3n) is 4.32. The molecule has 2 N–H and O–H groups in total. The van der Waals surface area contributed by atoms with Gasteiger partial charge in [-0.25, -0.2) is 0 Å². The SMILES string of the molecule is C#CC(C)(C)N1C=CC(NC(=O)Cc2cccc3cc[nH]c23)=CC1. The first-order valence-corrected chi connectivity index (χ1v) is 7.97. The summed E-state index contributed by atoms with van der Waals surface area (Å²) in [5.41, 5.74) is 2.47. The highest BCUT2D eigenvalue weighted by Crippen LogP contribution is 2.19. The smallest absolute Gasteiger partial charge is 0.228 e. The molecular formula is C20H21N3O. The van der Waals surface area contributed by atoms with Crippen LogP contribution in [-0.2, 0) is 11.2 Å². The Balaban J connectivity index is 1.64. The van der Waals surface area contributed by atoms with E-state index < -0.39 is 0 Å². The fraction of sp³-hybridized carbons (Fsp3) is 0.250. The lowest BCUT2D eigenvalue weighted by atomic mass is 10.0. The summed E-state index contributed by atoms with van der Waals surface area (Å²) in [5.74, 6) is 2.74.